The first kappa shape index (κ1) is 19.7. The summed E-state index contributed by atoms with van der Waals surface area (Å²) in [5, 5.41) is 5.62. The minimum absolute atomic E-state index is 0. The second-order valence-electron chi connectivity index (χ2n) is 5.65. The number of halogens is 1. The predicted molar refractivity (Wildman–Crippen MR) is 89.0 cm³/mol. The maximum absolute atomic E-state index is 11.3. The van der Waals surface area contributed by atoms with Gasteiger partial charge in [0.2, 0.25) is 18.1 Å². The third-order valence-corrected chi connectivity index (χ3v) is 3.42. The Labute approximate surface area is 148 Å². The molecule has 2 amide bonds. The maximum Gasteiger partial charge on any atom is 0.243 e. The van der Waals surface area contributed by atoms with Gasteiger partial charge < -0.3 is 23.0 Å². The van der Waals surface area contributed by atoms with Gasteiger partial charge >= 0.3 is 0 Å². The lowest BCUT2D eigenvalue weighted by atomic mass is 10.1. The van der Waals surface area contributed by atoms with E-state index in [1.165, 1.54) is 13.8 Å². The molecule has 130 valence electrons. The van der Waals surface area contributed by atoms with Gasteiger partial charge in [-0.25, -0.2) is 9.13 Å². The molecule has 0 aliphatic carbocycles. The number of hydrogen-bond acceptors (Lipinski definition) is 2. The molecule has 2 rings (SSSR count). The molecule has 2 aromatic rings. The van der Waals surface area contributed by atoms with Crippen LogP contribution in [0.1, 0.15) is 25.8 Å². The largest absolute Gasteiger partial charge is 1.00 e. The molecule has 6 nitrogen and oxygen atoms in total. The fraction of sp³-hybridized carbons (Fsp3) is 0.353. The predicted octanol–water partition coefficient (Wildman–Crippen LogP) is -1.13. The van der Waals surface area contributed by atoms with Gasteiger partial charge in [-0.2, -0.15) is 0 Å². The van der Waals surface area contributed by atoms with Gasteiger partial charge in [0.25, 0.3) is 0 Å². The molecule has 24 heavy (non-hydrogen) atoms. The van der Waals surface area contributed by atoms with Gasteiger partial charge in [0, 0.05) is 25.2 Å². The summed E-state index contributed by atoms with van der Waals surface area (Å²) in [6.07, 6.45) is 7.81. The second kappa shape index (κ2) is 9.08. The molecule has 0 saturated heterocycles. The van der Waals surface area contributed by atoms with Crippen molar-refractivity contribution >= 4 is 23.2 Å². The van der Waals surface area contributed by atoms with Crippen molar-refractivity contribution in [1.29, 1.82) is 0 Å². The normalized spacial score (nSPS) is 9.96. The van der Waals surface area contributed by atoms with E-state index in [2.05, 4.69) is 15.2 Å². The number of hydrogen-bond donors (Lipinski definition) is 2. The molecule has 0 saturated carbocycles. The van der Waals surface area contributed by atoms with Crippen LogP contribution in [0.15, 0.2) is 36.9 Å². The van der Waals surface area contributed by atoms with Crippen LogP contribution in [-0.4, -0.2) is 16.4 Å². The zero-order chi connectivity index (χ0) is 16.8. The minimum Gasteiger partial charge on any atom is -1.00 e. The van der Waals surface area contributed by atoms with Crippen molar-refractivity contribution in [2.24, 2.45) is 7.05 Å². The monoisotopic (exact) mass is 350 g/mol. The highest BCUT2D eigenvalue weighted by molar-refractivity contribution is 5.92. The molecule has 0 aliphatic heterocycles. The Morgan fingerprint density at radius 2 is 1.88 bits per heavy atom. The zero-order valence-corrected chi connectivity index (χ0v) is 14.9. The molecular formula is C17H23ClN4O2. The maximum atomic E-state index is 11.3. The molecule has 0 unspecified atom stereocenters. The number of carbonyl (C=O) groups is 2. The van der Waals surface area contributed by atoms with Crippen molar-refractivity contribution in [3.63, 3.8) is 0 Å². The number of amides is 2. The fourth-order valence-corrected chi connectivity index (χ4v) is 2.48. The molecule has 1 aromatic heterocycles. The Morgan fingerprint density at radius 3 is 2.46 bits per heavy atom. The summed E-state index contributed by atoms with van der Waals surface area (Å²) in [6, 6.07) is 5.54. The van der Waals surface area contributed by atoms with E-state index in [0.717, 1.165) is 36.3 Å². The van der Waals surface area contributed by atoms with Gasteiger partial charge in [-0.1, -0.05) is 0 Å². The molecule has 0 atom stereocenters. The standard InChI is InChI=1S/C17H22N4O2.ClH/c1-13(22)18-16-6-7-17(19-14(2)23)15(11-16)5-4-8-21-10-9-20(3)12-21;/h6-7,9-12H,4-5,8H2,1-3H3,(H-,18,19,22,23);1H. The third-order valence-electron chi connectivity index (χ3n) is 3.42. The number of aryl methyl sites for hydroxylation is 3. The van der Waals surface area contributed by atoms with Gasteiger partial charge in [0.15, 0.2) is 0 Å². The van der Waals surface area contributed by atoms with Crippen LogP contribution >= 0.6 is 0 Å². The van der Waals surface area contributed by atoms with E-state index >= 15 is 0 Å². The number of rotatable bonds is 6. The fourth-order valence-electron chi connectivity index (χ4n) is 2.48. The zero-order valence-electron chi connectivity index (χ0n) is 14.2. The van der Waals surface area contributed by atoms with Crippen LogP contribution in [0.25, 0.3) is 0 Å². The number of nitrogens with one attached hydrogen (secondary N) is 2. The molecule has 1 aromatic carbocycles. The highest BCUT2D eigenvalue weighted by Gasteiger charge is 2.08. The summed E-state index contributed by atoms with van der Waals surface area (Å²) < 4.78 is 4.12. The summed E-state index contributed by atoms with van der Waals surface area (Å²) in [7, 11) is 1.99. The third kappa shape index (κ3) is 6.04. The Hall–Kier alpha value is -2.34. The van der Waals surface area contributed by atoms with Crippen molar-refractivity contribution in [3.05, 3.63) is 42.5 Å². The Morgan fingerprint density at radius 1 is 1.17 bits per heavy atom. The molecule has 0 fully saturated rings. The van der Waals surface area contributed by atoms with Crippen molar-refractivity contribution in [2.75, 3.05) is 10.6 Å². The summed E-state index contributed by atoms with van der Waals surface area (Å²) in [5.74, 6) is -0.209. The topological polar surface area (TPSA) is 67.0 Å². The van der Waals surface area contributed by atoms with E-state index in [1.54, 1.807) is 6.07 Å². The number of nitrogens with zero attached hydrogens (tertiary/aromatic N) is 2. The van der Waals surface area contributed by atoms with Crippen LogP contribution < -0.4 is 27.6 Å². The van der Waals surface area contributed by atoms with Crippen LogP contribution in [0.2, 0.25) is 0 Å². The molecule has 0 radical (unpaired) electrons. The number of imidazole rings is 1. The minimum atomic E-state index is -0.108. The van der Waals surface area contributed by atoms with E-state index in [4.69, 9.17) is 0 Å². The summed E-state index contributed by atoms with van der Waals surface area (Å²) in [5.41, 5.74) is 2.56. The molecule has 0 spiro atoms. The van der Waals surface area contributed by atoms with Crippen LogP contribution in [-0.2, 0) is 29.6 Å². The van der Waals surface area contributed by atoms with Crippen molar-refractivity contribution in [1.82, 2.24) is 4.57 Å². The van der Waals surface area contributed by atoms with E-state index in [1.807, 2.05) is 42.5 Å². The van der Waals surface area contributed by atoms with Gasteiger partial charge in [-0.3, -0.25) is 9.59 Å². The van der Waals surface area contributed by atoms with Crippen LogP contribution in [0.4, 0.5) is 11.4 Å². The summed E-state index contributed by atoms with van der Waals surface area (Å²) in [6.45, 7) is 3.86. The van der Waals surface area contributed by atoms with Crippen LogP contribution in [0.3, 0.4) is 0 Å². The lowest BCUT2D eigenvalue weighted by molar-refractivity contribution is -0.671. The second-order valence-corrected chi connectivity index (χ2v) is 5.65. The van der Waals surface area contributed by atoms with Crippen molar-refractivity contribution < 1.29 is 26.6 Å². The lowest BCUT2D eigenvalue weighted by Gasteiger charge is -2.12. The Kier molecular flexibility index (Phi) is 7.45. The summed E-state index contributed by atoms with van der Waals surface area (Å²) >= 11 is 0. The number of carbonyl (C=O) groups excluding carboxylic acids is 2. The van der Waals surface area contributed by atoms with Gasteiger partial charge in [-0.05, 0) is 36.6 Å². The molecular weight excluding hydrogens is 328 g/mol. The number of benzene rings is 1. The van der Waals surface area contributed by atoms with E-state index in [0.29, 0.717) is 0 Å². The van der Waals surface area contributed by atoms with Gasteiger partial charge in [-0.15, -0.1) is 0 Å². The average Bonchev–Trinajstić information content (AvgIpc) is 2.86. The molecule has 7 heteroatoms. The Bertz CT molecular complexity index is 712. The number of aromatic nitrogens is 2. The van der Waals surface area contributed by atoms with E-state index in [-0.39, 0.29) is 24.2 Å². The SMILES string of the molecule is CC(=O)Nc1ccc(NC(C)=O)c(CCCn2cc[n+](C)c2)c1.[Cl-]. The first-order valence-corrected chi connectivity index (χ1v) is 7.63. The van der Waals surface area contributed by atoms with Gasteiger partial charge in [0.05, 0.1) is 13.6 Å². The lowest BCUT2D eigenvalue weighted by Crippen LogP contribution is -3.00. The smallest absolute Gasteiger partial charge is 0.243 e. The summed E-state index contributed by atoms with van der Waals surface area (Å²) in [4.78, 5) is 22.5. The van der Waals surface area contributed by atoms with Crippen molar-refractivity contribution in [2.45, 2.75) is 33.2 Å². The first-order chi connectivity index (χ1) is 10.9. The molecule has 1 heterocycles. The van der Waals surface area contributed by atoms with E-state index < -0.39 is 0 Å². The average molecular weight is 351 g/mol. The molecule has 2 N–H and O–H groups in total. The van der Waals surface area contributed by atoms with E-state index in [9.17, 15) is 9.59 Å². The van der Waals surface area contributed by atoms with Gasteiger partial charge in [0.1, 0.15) is 12.4 Å². The highest BCUT2D eigenvalue weighted by atomic mass is 35.5. The molecule has 0 aliphatic rings. The number of anilines is 2. The molecule has 0 bridgehead atoms. The van der Waals surface area contributed by atoms with Crippen LogP contribution in [0, 0.1) is 0 Å². The quantitative estimate of drug-likeness (QED) is 0.647. The van der Waals surface area contributed by atoms with Crippen LogP contribution in [0.5, 0.6) is 0 Å². The first-order valence-electron chi connectivity index (χ1n) is 7.63. The Balaban J connectivity index is 0.00000288. The van der Waals surface area contributed by atoms with Crippen molar-refractivity contribution in [3.8, 4) is 0 Å². The highest BCUT2D eigenvalue weighted by Crippen LogP contribution is 2.22.